The molecule has 44 nitrogen and oxygen atoms in total. The third-order valence-electron chi connectivity index (χ3n) is 18.4. The lowest BCUT2D eigenvalue weighted by molar-refractivity contribution is -0.301. The number of ether oxygens (including phenoxy) is 10. The number of fused-ring (bicyclic) bond motifs is 1. The van der Waals surface area contributed by atoms with Gasteiger partial charge in [-0.2, -0.15) is 4.31 Å². The molecule has 22 N–H and O–H groups in total. The SMILES string of the molecule is CN(C)c1cccc2c(S(=O)(=O)N(CCO[C@H]3O[C@@H](CO)[C@@H](O)[C@H](O)[C@H]3O)CC(=O)N(CCO[C@H]3O[C@@H](CO)[C@@H](O)[C@H](O)[C@H]3O)CC(=O)N(CCO[C@H]3O[C@@H](CO)[C@@H](O)[C@H](O)[C@H]3O)CC(=O)N(CCO[C@H]3O[C@@H](CO)[C@@H](O)[C@H](O)[C@H]3O)CC(=O)N(CCO[C@H]3O[C@@H](CO)[C@@H](O)[C@H](O)[C@H]3O)CC(N)=O)cccc12. The van der Waals surface area contributed by atoms with Crippen LogP contribution in [0.5, 0.6) is 0 Å². The first-order chi connectivity index (χ1) is 50.6. The van der Waals surface area contributed by atoms with Gasteiger partial charge in [0, 0.05) is 63.3 Å². The predicted molar refractivity (Wildman–Crippen MR) is 351 cm³/mol. The van der Waals surface area contributed by atoms with Crippen LogP contribution < -0.4 is 10.6 Å². The van der Waals surface area contributed by atoms with E-state index in [2.05, 4.69) is 0 Å². The molecular formula is C62H99N7O37S. The minimum absolute atomic E-state index is 0.120. The number of aliphatic hydroxyl groups excluding tert-OH is 20. The molecule has 0 unspecified atom stereocenters. The molecule has 25 atom stereocenters. The van der Waals surface area contributed by atoms with Gasteiger partial charge in [0.25, 0.3) is 0 Å². The van der Waals surface area contributed by atoms with E-state index >= 15 is 22.8 Å². The maximum absolute atomic E-state index is 15.4. The zero-order chi connectivity index (χ0) is 79.0. The summed E-state index contributed by atoms with van der Waals surface area (Å²) in [4.78, 5) is 76.8. The summed E-state index contributed by atoms with van der Waals surface area (Å²) in [5.41, 5.74) is 6.07. The molecule has 5 heterocycles. The summed E-state index contributed by atoms with van der Waals surface area (Å²) >= 11 is 0. The summed E-state index contributed by atoms with van der Waals surface area (Å²) in [5.74, 6) is -6.16. The number of nitrogens with two attached hydrogens (primary N) is 1. The average molecular weight is 1570 g/mol. The molecule has 0 aliphatic carbocycles. The van der Waals surface area contributed by atoms with Gasteiger partial charge in [-0.3, -0.25) is 24.0 Å². The Kier molecular flexibility index (Phi) is 33.7. The Morgan fingerprint density at radius 3 is 0.907 bits per heavy atom. The highest BCUT2D eigenvalue weighted by atomic mass is 32.2. The first-order valence-electron chi connectivity index (χ1n) is 33.9. The molecule has 0 spiro atoms. The highest BCUT2D eigenvalue weighted by molar-refractivity contribution is 7.89. The lowest BCUT2D eigenvalue weighted by Gasteiger charge is -2.40. The Bertz CT molecular complexity index is 3280. The number of hydrogen-bond acceptors (Lipinski definition) is 38. The van der Waals surface area contributed by atoms with Gasteiger partial charge in [0.05, 0.1) is 104 Å². The van der Waals surface area contributed by atoms with Crippen molar-refractivity contribution in [1.82, 2.24) is 23.9 Å². The first kappa shape index (κ1) is 88.8. The highest BCUT2D eigenvalue weighted by Gasteiger charge is 2.49. The molecule has 7 rings (SSSR count). The Morgan fingerprint density at radius 2 is 0.626 bits per heavy atom. The summed E-state index contributed by atoms with van der Waals surface area (Å²) in [6.45, 7) is -18.2. The van der Waals surface area contributed by atoms with E-state index in [0.29, 0.717) is 30.1 Å². The summed E-state index contributed by atoms with van der Waals surface area (Å²) in [7, 11) is -1.65. The quantitative estimate of drug-likeness (QED) is 0.0297. The summed E-state index contributed by atoms with van der Waals surface area (Å²) in [6, 6.07) is 8.92. The van der Waals surface area contributed by atoms with Crippen LogP contribution in [-0.4, -0.2) is 463 Å². The third kappa shape index (κ3) is 22.0. The zero-order valence-corrected chi connectivity index (χ0v) is 58.9. The topological polar surface area (TPSA) is 662 Å². The van der Waals surface area contributed by atoms with Crippen molar-refractivity contribution in [3.63, 3.8) is 0 Å². The lowest BCUT2D eigenvalue weighted by atomic mass is 9.99. The van der Waals surface area contributed by atoms with E-state index in [9.17, 15) is 112 Å². The minimum Gasteiger partial charge on any atom is -0.394 e. The van der Waals surface area contributed by atoms with Gasteiger partial charge in [0.15, 0.2) is 31.5 Å². The molecule has 0 aromatic heterocycles. The normalized spacial score (nSPS) is 33.4. The number of primary amides is 1. The number of benzene rings is 2. The molecule has 5 saturated heterocycles. The number of hydrogen-bond donors (Lipinski definition) is 21. The van der Waals surface area contributed by atoms with Crippen LogP contribution in [0.25, 0.3) is 10.8 Å². The second-order valence-electron chi connectivity index (χ2n) is 25.9. The van der Waals surface area contributed by atoms with Crippen LogP contribution >= 0.6 is 0 Å². The van der Waals surface area contributed by atoms with E-state index < -0.39 is 330 Å². The molecule has 107 heavy (non-hydrogen) atoms. The minimum atomic E-state index is -5.02. The number of aliphatic hydroxyl groups is 20. The molecule has 45 heteroatoms. The average Bonchev–Trinajstić information content (AvgIpc) is 0.760. The maximum atomic E-state index is 15.4. The molecule has 2 aromatic carbocycles. The molecule has 2 aromatic rings. The molecule has 5 aliphatic rings. The molecule has 5 aliphatic heterocycles. The number of nitrogens with zero attached hydrogens (tertiary/aromatic N) is 6. The highest BCUT2D eigenvalue weighted by Crippen LogP contribution is 2.33. The van der Waals surface area contributed by atoms with Crippen molar-refractivity contribution < 1.29 is 182 Å². The van der Waals surface area contributed by atoms with E-state index in [-0.39, 0.29) is 5.39 Å². The van der Waals surface area contributed by atoms with Gasteiger partial charge in [-0.25, -0.2) is 8.42 Å². The smallest absolute Gasteiger partial charge is 0.244 e. The third-order valence-corrected chi connectivity index (χ3v) is 20.3. The maximum Gasteiger partial charge on any atom is 0.244 e. The Hall–Kier alpha value is -5.44. The number of anilines is 1. The van der Waals surface area contributed by atoms with E-state index in [4.69, 9.17) is 53.1 Å². The summed E-state index contributed by atoms with van der Waals surface area (Å²) in [6.07, 6.45) is -46.0. The fourth-order valence-electron chi connectivity index (χ4n) is 12.1. The molecular weight excluding hydrogens is 1470 g/mol. The van der Waals surface area contributed by atoms with Crippen LogP contribution in [0.1, 0.15) is 0 Å². The van der Waals surface area contributed by atoms with Crippen LogP contribution in [0.3, 0.4) is 0 Å². The van der Waals surface area contributed by atoms with Crippen LogP contribution in [0, 0.1) is 0 Å². The van der Waals surface area contributed by atoms with Gasteiger partial charge in [-0.05, 0) is 12.1 Å². The van der Waals surface area contributed by atoms with Crippen LogP contribution in [0.15, 0.2) is 41.3 Å². The zero-order valence-electron chi connectivity index (χ0n) is 58.1. The Labute approximate surface area is 611 Å². The van der Waals surface area contributed by atoms with Gasteiger partial charge in [0.2, 0.25) is 39.6 Å². The van der Waals surface area contributed by atoms with Gasteiger partial charge in [-0.15, -0.1) is 0 Å². The van der Waals surface area contributed by atoms with E-state index in [1.165, 1.54) is 18.2 Å². The number of carbonyl (C=O) groups is 5. The fourth-order valence-corrected chi connectivity index (χ4v) is 13.7. The fraction of sp³-hybridized carbons (Fsp3) is 0.758. The second kappa shape index (κ2) is 40.7. The second-order valence-corrected chi connectivity index (χ2v) is 27.8. The molecule has 5 fully saturated rings. The standard InChI is InChI=1S/C62H99N7O37S/c1-64(2)31-7-3-6-30-29(31)5-4-8-37(30)107(95,96)69(13-18-101-62-57(94)52(89)47(84)36(28-74)106-62)23-42(79)68(12-17-100-61-56(93)51(88)46(83)35(27-73)105-61)22-41(78)67(11-16-99-60-55(92)50(87)45(82)34(26-72)104-60)21-40(77)66(10-15-98-59-54(91)49(86)44(81)33(25-71)103-59)20-39(76)65(19-38(63)75)9-14-97-58-53(90)48(85)43(80)32(24-70)102-58/h3-8,32-36,43-62,70-74,80-94H,9-28H2,1-2H3,(H2,63,75)/t32-,33-,34-,35-,36-,43+,44+,45+,46+,47+,48-,49-,50-,51-,52-,53+,54+,55+,56+,57+,58-,59-,60-,61-,62-/m0/s1. The molecule has 610 valence electrons. The predicted octanol–water partition coefficient (Wildman–Crippen LogP) is -15.2. The van der Waals surface area contributed by atoms with Crippen LogP contribution in [0.2, 0.25) is 0 Å². The van der Waals surface area contributed by atoms with Crippen molar-refractivity contribution in [2.45, 2.75) is 158 Å². The first-order valence-corrected chi connectivity index (χ1v) is 35.3. The number of rotatable bonds is 38. The van der Waals surface area contributed by atoms with Gasteiger partial charge < -0.3 is 180 Å². The molecule has 0 radical (unpaired) electrons. The number of carbonyl (C=O) groups excluding carboxylic acids is 5. The van der Waals surface area contributed by atoms with E-state index in [0.717, 1.165) is 4.90 Å². The van der Waals surface area contributed by atoms with Gasteiger partial charge in [-0.1, -0.05) is 24.3 Å². The van der Waals surface area contributed by atoms with Crippen molar-refractivity contribution in [3.8, 4) is 0 Å². The van der Waals surface area contributed by atoms with Crippen molar-refractivity contribution in [2.75, 3.05) is 151 Å². The van der Waals surface area contributed by atoms with Crippen LogP contribution in [0.4, 0.5) is 5.69 Å². The molecule has 0 saturated carbocycles. The monoisotopic (exact) mass is 1570 g/mol. The summed E-state index contributed by atoms with van der Waals surface area (Å²) in [5, 5.41) is 209. The van der Waals surface area contributed by atoms with Crippen molar-refractivity contribution in [3.05, 3.63) is 36.4 Å². The molecule has 5 amide bonds. The van der Waals surface area contributed by atoms with E-state index in [1.807, 2.05) is 0 Å². The Balaban J connectivity index is 1.26. The molecule has 0 bridgehead atoms. The van der Waals surface area contributed by atoms with Gasteiger partial charge >= 0.3 is 0 Å². The van der Waals surface area contributed by atoms with Crippen molar-refractivity contribution in [1.29, 1.82) is 0 Å². The number of sulfonamides is 1. The van der Waals surface area contributed by atoms with Crippen molar-refractivity contribution >= 4 is 56.0 Å². The largest absolute Gasteiger partial charge is 0.394 e. The number of amides is 5. The van der Waals surface area contributed by atoms with Crippen LogP contribution in [-0.2, 0) is 81.4 Å². The van der Waals surface area contributed by atoms with E-state index in [1.54, 1.807) is 37.2 Å². The summed E-state index contributed by atoms with van der Waals surface area (Å²) < 4.78 is 86.7. The van der Waals surface area contributed by atoms with Gasteiger partial charge in [0.1, 0.15) is 122 Å². The lowest BCUT2D eigenvalue weighted by Crippen LogP contribution is -2.59. The Morgan fingerprint density at radius 1 is 0.364 bits per heavy atom. The van der Waals surface area contributed by atoms with Crippen molar-refractivity contribution in [2.24, 2.45) is 5.73 Å².